The quantitative estimate of drug-likeness (QED) is 0.157. The summed E-state index contributed by atoms with van der Waals surface area (Å²) in [6.07, 6.45) is 27.6. The Morgan fingerprint density at radius 2 is 0.900 bits per heavy atom. The Labute approximate surface area is 128 Å². The first-order valence-electron chi connectivity index (χ1n) is 8.80. The second-order valence-corrected chi connectivity index (χ2v) is 5.77. The van der Waals surface area contributed by atoms with E-state index in [1.807, 2.05) is 12.2 Å². The molecule has 0 amide bonds. The highest BCUT2D eigenvalue weighted by atomic mass is 14.0. The molecule has 0 unspecified atom stereocenters. The number of hydrogen-bond donors (Lipinski definition) is 0. The molecule has 0 aliphatic rings. The topological polar surface area (TPSA) is 0 Å². The Morgan fingerprint density at radius 1 is 0.500 bits per heavy atom. The maximum absolute atomic E-state index is 3.76. The van der Waals surface area contributed by atoms with Crippen LogP contribution in [0, 0.1) is 0 Å². The SMILES string of the molecule is C=CC=CCCCCCCCCCCCCCCC=C. The van der Waals surface area contributed by atoms with Crippen LogP contribution in [0.15, 0.2) is 37.5 Å². The molecule has 0 saturated heterocycles. The Hall–Kier alpha value is -0.780. The summed E-state index contributed by atoms with van der Waals surface area (Å²) in [5.41, 5.74) is 0. The van der Waals surface area contributed by atoms with Crippen molar-refractivity contribution in [2.45, 2.75) is 89.9 Å². The van der Waals surface area contributed by atoms with E-state index in [2.05, 4.69) is 25.3 Å². The molecular formula is C20H36. The largest absolute Gasteiger partial charge is 0.103 e. The summed E-state index contributed by atoms with van der Waals surface area (Å²) < 4.78 is 0. The molecular weight excluding hydrogens is 240 g/mol. The predicted molar refractivity (Wildman–Crippen MR) is 94.2 cm³/mol. The minimum absolute atomic E-state index is 1.20. The van der Waals surface area contributed by atoms with Crippen LogP contribution >= 0.6 is 0 Å². The minimum Gasteiger partial charge on any atom is -0.103 e. The molecule has 0 aliphatic heterocycles. The smallest absolute Gasteiger partial charge is 0.0348 e. The summed E-state index contributed by atoms with van der Waals surface area (Å²) in [5.74, 6) is 0. The zero-order valence-electron chi connectivity index (χ0n) is 13.6. The number of rotatable bonds is 16. The highest BCUT2D eigenvalue weighted by Gasteiger charge is 1.93. The van der Waals surface area contributed by atoms with E-state index in [0.29, 0.717) is 0 Å². The van der Waals surface area contributed by atoms with Gasteiger partial charge in [-0.25, -0.2) is 0 Å². The molecule has 0 rings (SSSR count). The van der Waals surface area contributed by atoms with Gasteiger partial charge in [0.05, 0.1) is 0 Å². The van der Waals surface area contributed by atoms with Gasteiger partial charge in [-0.1, -0.05) is 95.1 Å². The summed E-state index contributed by atoms with van der Waals surface area (Å²) in [4.78, 5) is 0. The fourth-order valence-electron chi connectivity index (χ4n) is 2.51. The number of allylic oxidation sites excluding steroid dienone is 4. The molecule has 0 spiro atoms. The third-order valence-corrected chi connectivity index (χ3v) is 3.80. The fourth-order valence-corrected chi connectivity index (χ4v) is 2.51. The van der Waals surface area contributed by atoms with Crippen molar-refractivity contribution in [2.75, 3.05) is 0 Å². The van der Waals surface area contributed by atoms with E-state index in [0.717, 1.165) is 0 Å². The summed E-state index contributed by atoms with van der Waals surface area (Å²) in [7, 11) is 0. The lowest BCUT2D eigenvalue weighted by molar-refractivity contribution is 0.542. The average Bonchev–Trinajstić information content (AvgIpc) is 2.47. The molecule has 116 valence electrons. The van der Waals surface area contributed by atoms with Crippen molar-refractivity contribution in [2.24, 2.45) is 0 Å². The zero-order chi connectivity index (χ0) is 14.7. The van der Waals surface area contributed by atoms with Crippen LogP contribution in [0.4, 0.5) is 0 Å². The van der Waals surface area contributed by atoms with Gasteiger partial charge in [-0.05, 0) is 25.7 Å². The third-order valence-electron chi connectivity index (χ3n) is 3.80. The van der Waals surface area contributed by atoms with Crippen molar-refractivity contribution in [3.8, 4) is 0 Å². The van der Waals surface area contributed by atoms with E-state index < -0.39 is 0 Å². The molecule has 0 N–H and O–H groups in total. The van der Waals surface area contributed by atoms with Gasteiger partial charge in [-0.2, -0.15) is 0 Å². The van der Waals surface area contributed by atoms with Crippen LogP contribution in [-0.4, -0.2) is 0 Å². The predicted octanol–water partition coefficient (Wildman–Crippen LogP) is 7.38. The summed E-state index contributed by atoms with van der Waals surface area (Å²) in [5, 5.41) is 0. The van der Waals surface area contributed by atoms with Gasteiger partial charge in [-0.15, -0.1) is 6.58 Å². The second-order valence-electron chi connectivity index (χ2n) is 5.77. The minimum atomic E-state index is 1.20. The van der Waals surface area contributed by atoms with Gasteiger partial charge in [0.15, 0.2) is 0 Å². The Balaban J connectivity index is 2.97. The molecule has 0 bridgehead atoms. The summed E-state index contributed by atoms with van der Waals surface area (Å²) in [6, 6.07) is 0. The lowest BCUT2D eigenvalue weighted by Crippen LogP contribution is -1.82. The maximum Gasteiger partial charge on any atom is -0.0348 e. The van der Waals surface area contributed by atoms with Crippen LogP contribution in [0.3, 0.4) is 0 Å². The van der Waals surface area contributed by atoms with E-state index >= 15 is 0 Å². The summed E-state index contributed by atoms with van der Waals surface area (Å²) >= 11 is 0. The van der Waals surface area contributed by atoms with Crippen molar-refractivity contribution in [3.63, 3.8) is 0 Å². The standard InChI is InChI=1S/C20H36/c1-3-5-7-9-11-13-15-17-19-20-18-16-14-12-10-8-6-4-2/h3-5,7H,1-2,6,8-20H2. The molecule has 0 aromatic carbocycles. The van der Waals surface area contributed by atoms with Gasteiger partial charge in [0, 0.05) is 0 Å². The molecule has 0 nitrogen and oxygen atoms in total. The van der Waals surface area contributed by atoms with Gasteiger partial charge < -0.3 is 0 Å². The molecule has 0 aliphatic carbocycles. The first-order valence-corrected chi connectivity index (χ1v) is 8.80. The van der Waals surface area contributed by atoms with Crippen LogP contribution in [0.25, 0.3) is 0 Å². The summed E-state index contributed by atoms with van der Waals surface area (Å²) in [6.45, 7) is 7.44. The van der Waals surface area contributed by atoms with E-state index in [-0.39, 0.29) is 0 Å². The zero-order valence-corrected chi connectivity index (χ0v) is 13.6. The van der Waals surface area contributed by atoms with Crippen LogP contribution in [0.2, 0.25) is 0 Å². The van der Waals surface area contributed by atoms with Gasteiger partial charge in [-0.3, -0.25) is 0 Å². The second kappa shape index (κ2) is 18.2. The fraction of sp³-hybridized carbons (Fsp3) is 0.700. The van der Waals surface area contributed by atoms with Gasteiger partial charge >= 0.3 is 0 Å². The van der Waals surface area contributed by atoms with Crippen molar-refractivity contribution in [1.82, 2.24) is 0 Å². The van der Waals surface area contributed by atoms with Crippen molar-refractivity contribution >= 4 is 0 Å². The average molecular weight is 277 g/mol. The Kier molecular flexibility index (Phi) is 17.5. The molecule has 20 heavy (non-hydrogen) atoms. The van der Waals surface area contributed by atoms with Crippen molar-refractivity contribution < 1.29 is 0 Å². The highest BCUT2D eigenvalue weighted by Crippen LogP contribution is 2.13. The molecule has 0 atom stereocenters. The maximum atomic E-state index is 3.76. The first-order chi connectivity index (χ1) is 9.91. The van der Waals surface area contributed by atoms with E-state index in [1.165, 1.54) is 89.9 Å². The Bertz CT molecular complexity index is 224. The number of unbranched alkanes of at least 4 members (excludes halogenated alkanes) is 13. The molecule has 0 heteroatoms. The van der Waals surface area contributed by atoms with E-state index in [9.17, 15) is 0 Å². The lowest BCUT2D eigenvalue weighted by atomic mass is 10.0. The van der Waals surface area contributed by atoms with Crippen molar-refractivity contribution in [3.05, 3.63) is 37.5 Å². The third kappa shape index (κ3) is 17.2. The van der Waals surface area contributed by atoms with Crippen LogP contribution in [-0.2, 0) is 0 Å². The lowest BCUT2D eigenvalue weighted by Gasteiger charge is -2.02. The van der Waals surface area contributed by atoms with E-state index in [4.69, 9.17) is 0 Å². The molecule has 0 fully saturated rings. The normalized spacial score (nSPS) is 11.0. The highest BCUT2D eigenvalue weighted by molar-refractivity contribution is 4.96. The Morgan fingerprint density at radius 3 is 1.30 bits per heavy atom. The monoisotopic (exact) mass is 276 g/mol. The number of hydrogen-bond acceptors (Lipinski definition) is 0. The van der Waals surface area contributed by atoms with Crippen LogP contribution < -0.4 is 0 Å². The molecule has 0 aromatic rings. The first kappa shape index (κ1) is 19.2. The van der Waals surface area contributed by atoms with Crippen LogP contribution in [0.5, 0.6) is 0 Å². The van der Waals surface area contributed by atoms with Crippen LogP contribution in [0.1, 0.15) is 89.9 Å². The van der Waals surface area contributed by atoms with Crippen molar-refractivity contribution in [1.29, 1.82) is 0 Å². The van der Waals surface area contributed by atoms with Gasteiger partial charge in [0.1, 0.15) is 0 Å². The van der Waals surface area contributed by atoms with Gasteiger partial charge in [0.2, 0.25) is 0 Å². The molecule has 0 saturated carbocycles. The van der Waals surface area contributed by atoms with E-state index in [1.54, 1.807) is 0 Å². The molecule has 0 aromatic heterocycles. The molecule has 0 radical (unpaired) electrons. The molecule has 0 heterocycles. The van der Waals surface area contributed by atoms with Gasteiger partial charge in [0.25, 0.3) is 0 Å².